The standard InChI is InChI=1S/C2H4O3.H3N.Zr/c1-2(3)5-4;;/h4H,1H3;1H3;. The Morgan fingerprint density at radius 1 is 1.71 bits per heavy atom. The molecule has 5 heteroatoms. The summed E-state index contributed by atoms with van der Waals surface area (Å²) in [4.78, 5) is 12.5. The molecule has 0 aromatic carbocycles. The molecule has 4 N–H and O–H groups in total. The van der Waals surface area contributed by atoms with E-state index >= 15 is 0 Å². The zero-order valence-corrected chi connectivity index (χ0v) is 6.43. The fourth-order valence-electron chi connectivity index (χ4n) is 0. The molecule has 0 aliphatic carbocycles. The van der Waals surface area contributed by atoms with Gasteiger partial charge < -0.3 is 11.0 Å². The number of carbonyl (C=O) groups is 1. The van der Waals surface area contributed by atoms with Crippen molar-refractivity contribution in [1.82, 2.24) is 6.15 Å². The van der Waals surface area contributed by atoms with Crippen LogP contribution < -0.4 is 6.15 Å². The zero-order valence-electron chi connectivity index (χ0n) is 3.97. The van der Waals surface area contributed by atoms with Crippen LogP contribution in [-0.4, -0.2) is 11.2 Å². The fraction of sp³-hybridized carbons (Fsp3) is 0.500. The molecule has 0 aliphatic heterocycles. The van der Waals surface area contributed by atoms with Gasteiger partial charge in [-0.1, -0.05) is 0 Å². The van der Waals surface area contributed by atoms with Crippen LogP contribution in [0, 0.1) is 0 Å². The van der Waals surface area contributed by atoms with Gasteiger partial charge in [0.25, 0.3) is 0 Å². The van der Waals surface area contributed by atoms with E-state index in [1.807, 2.05) is 0 Å². The quantitative estimate of drug-likeness (QED) is 0.416. The normalized spacial score (nSPS) is 4.86. The SMILES string of the molecule is CC(=O)OO.N.[Zr]. The topological polar surface area (TPSA) is 81.5 Å². The molecule has 4 nitrogen and oxygen atoms in total. The van der Waals surface area contributed by atoms with Crippen LogP contribution >= 0.6 is 0 Å². The molecule has 42 valence electrons. The summed E-state index contributed by atoms with van der Waals surface area (Å²) in [7, 11) is 0. The van der Waals surface area contributed by atoms with Gasteiger partial charge in [0.2, 0.25) is 0 Å². The molecule has 0 atom stereocenters. The summed E-state index contributed by atoms with van der Waals surface area (Å²) in [5, 5.41) is 7.29. The van der Waals surface area contributed by atoms with Gasteiger partial charge in [-0.05, 0) is 0 Å². The van der Waals surface area contributed by atoms with E-state index in [0.29, 0.717) is 0 Å². The summed E-state index contributed by atoms with van der Waals surface area (Å²) in [6, 6.07) is 0. The van der Waals surface area contributed by atoms with Gasteiger partial charge in [0, 0.05) is 33.1 Å². The maximum Gasteiger partial charge on any atom is 0.339 e. The van der Waals surface area contributed by atoms with Crippen molar-refractivity contribution < 1.29 is 41.1 Å². The van der Waals surface area contributed by atoms with Gasteiger partial charge in [-0.2, -0.15) is 5.26 Å². The molecule has 0 spiro atoms. The van der Waals surface area contributed by atoms with Crippen molar-refractivity contribution in [2.24, 2.45) is 0 Å². The van der Waals surface area contributed by atoms with E-state index in [1.54, 1.807) is 0 Å². The molecule has 0 saturated carbocycles. The average molecular weight is 184 g/mol. The first-order valence-electron chi connectivity index (χ1n) is 1.09. The molecule has 0 unspecified atom stereocenters. The predicted octanol–water partition coefficient (Wildman–Crippen LogP) is 0.182. The van der Waals surface area contributed by atoms with Crippen molar-refractivity contribution in [3.8, 4) is 0 Å². The van der Waals surface area contributed by atoms with Crippen LogP contribution in [0.25, 0.3) is 0 Å². The Kier molecular flexibility index (Phi) is 21.4. The Morgan fingerprint density at radius 2 is 1.86 bits per heavy atom. The number of carbonyl (C=O) groups excluding carboxylic acids is 1. The minimum absolute atomic E-state index is 0. The first-order valence-corrected chi connectivity index (χ1v) is 1.09. The van der Waals surface area contributed by atoms with E-state index in [-0.39, 0.29) is 32.4 Å². The maximum absolute atomic E-state index is 9.34. The molecule has 0 amide bonds. The van der Waals surface area contributed by atoms with Crippen LogP contribution in [0.1, 0.15) is 6.92 Å². The second-order valence-electron chi connectivity index (χ2n) is 0.583. The number of rotatable bonds is 0. The summed E-state index contributed by atoms with van der Waals surface area (Å²) in [6.45, 7) is 1.11. The molecule has 0 fully saturated rings. The van der Waals surface area contributed by atoms with Crippen LogP contribution in [0.5, 0.6) is 0 Å². The Labute approximate surface area is 60.5 Å². The van der Waals surface area contributed by atoms with Gasteiger partial charge in [-0.15, -0.1) is 0 Å². The fourth-order valence-corrected chi connectivity index (χ4v) is 0. The maximum atomic E-state index is 9.34. The summed E-state index contributed by atoms with van der Waals surface area (Å²) in [5.74, 6) is -0.690. The third-order valence-corrected chi connectivity index (χ3v) is 0.129. The minimum atomic E-state index is -0.690. The molecular formula is C2H7NO3Zr. The van der Waals surface area contributed by atoms with Gasteiger partial charge >= 0.3 is 5.97 Å². The number of hydrogen-bond acceptors (Lipinski definition) is 4. The minimum Gasteiger partial charge on any atom is -0.344 e. The smallest absolute Gasteiger partial charge is 0.339 e. The summed E-state index contributed by atoms with van der Waals surface area (Å²) < 4.78 is 0. The van der Waals surface area contributed by atoms with Gasteiger partial charge in [0.15, 0.2) is 0 Å². The molecule has 0 aliphatic rings. The molecule has 0 aromatic heterocycles. The molecule has 0 saturated heterocycles. The third kappa shape index (κ3) is 22.2. The van der Waals surface area contributed by atoms with Crippen LogP contribution in [0.4, 0.5) is 0 Å². The van der Waals surface area contributed by atoms with Crippen LogP contribution in [0.3, 0.4) is 0 Å². The van der Waals surface area contributed by atoms with E-state index < -0.39 is 5.97 Å². The number of hydrogen-bond donors (Lipinski definition) is 2. The van der Waals surface area contributed by atoms with Crippen molar-refractivity contribution in [3.05, 3.63) is 0 Å². The monoisotopic (exact) mass is 183 g/mol. The first kappa shape index (κ1) is 15.7. The van der Waals surface area contributed by atoms with Crippen molar-refractivity contribution in [3.63, 3.8) is 0 Å². The van der Waals surface area contributed by atoms with Crippen molar-refractivity contribution >= 4 is 5.97 Å². The Bertz CT molecular complexity index is 48.2. The molecule has 0 heterocycles. The van der Waals surface area contributed by atoms with Gasteiger partial charge in [-0.25, -0.2) is 4.79 Å². The first-order chi connectivity index (χ1) is 2.27. The van der Waals surface area contributed by atoms with E-state index in [9.17, 15) is 4.79 Å². The zero-order chi connectivity index (χ0) is 4.28. The van der Waals surface area contributed by atoms with Gasteiger partial charge in [0.05, 0.1) is 0 Å². The van der Waals surface area contributed by atoms with Crippen molar-refractivity contribution in [2.75, 3.05) is 0 Å². The van der Waals surface area contributed by atoms with Crippen molar-refractivity contribution in [2.45, 2.75) is 6.92 Å². The van der Waals surface area contributed by atoms with E-state index in [4.69, 9.17) is 5.26 Å². The molecule has 7 heavy (non-hydrogen) atoms. The second-order valence-corrected chi connectivity index (χ2v) is 0.583. The van der Waals surface area contributed by atoms with E-state index in [0.717, 1.165) is 6.92 Å². The Hall–Kier alpha value is 0.273. The molecule has 0 rings (SSSR count). The molecule has 0 bridgehead atoms. The van der Waals surface area contributed by atoms with E-state index in [1.165, 1.54) is 0 Å². The Balaban J connectivity index is -0.0000000800. The summed E-state index contributed by atoms with van der Waals surface area (Å²) >= 11 is 0. The summed E-state index contributed by atoms with van der Waals surface area (Å²) in [5.41, 5.74) is 0. The van der Waals surface area contributed by atoms with Gasteiger partial charge in [-0.3, -0.25) is 0 Å². The second kappa shape index (κ2) is 9.55. The molecular weight excluding hydrogens is 177 g/mol. The largest absolute Gasteiger partial charge is 0.344 e. The van der Waals surface area contributed by atoms with Crippen LogP contribution in [-0.2, 0) is 35.9 Å². The predicted molar refractivity (Wildman–Crippen MR) is 19.4 cm³/mol. The van der Waals surface area contributed by atoms with E-state index in [2.05, 4.69) is 4.89 Å². The van der Waals surface area contributed by atoms with Gasteiger partial charge in [0.1, 0.15) is 0 Å². The molecule has 0 radical (unpaired) electrons. The van der Waals surface area contributed by atoms with Crippen LogP contribution in [0.2, 0.25) is 0 Å². The average Bonchev–Trinajstić information content (AvgIpc) is 1.38. The van der Waals surface area contributed by atoms with Crippen molar-refractivity contribution in [1.29, 1.82) is 0 Å². The third-order valence-electron chi connectivity index (χ3n) is 0.129. The van der Waals surface area contributed by atoms with Crippen LogP contribution in [0.15, 0.2) is 0 Å². The summed E-state index contributed by atoms with van der Waals surface area (Å²) in [6.07, 6.45) is 0. The Morgan fingerprint density at radius 3 is 1.86 bits per heavy atom. The molecule has 0 aromatic rings.